The van der Waals surface area contributed by atoms with Crippen molar-refractivity contribution in [3.05, 3.63) is 0 Å². The number of ether oxygens (including phenoxy) is 3. The second-order valence-electron chi connectivity index (χ2n) is 17.6. The number of hydrogen-bond donors (Lipinski definition) is 7. The Balaban J connectivity index is 1.26. The van der Waals surface area contributed by atoms with Crippen LogP contribution in [0.5, 0.6) is 0 Å². The molecule has 1 saturated heterocycles. The first-order chi connectivity index (χ1) is 24.5. The van der Waals surface area contributed by atoms with E-state index in [2.05, 4.69) is 25.7 Å². The minimum absolute atomic E-state index is 0.0697. The summed E-state index contributed by atoms with van der Waals surface area (Å²) in [5.41, 5.74) is 0. The van der Waals surface area contributed by atoms with E-state index < -0.39 is 78.2 Å². The number of unbranched alkanes of at least 4 members (excludes halogenated alkanes) is 2. The summed E-state index contributed by atoms with van der Waals surface area (Å²) in [5.74, 6) is -3.58. The van der Waals surface area contributed by atoms with Gasteiger partial charge in [0.05, 0.1) is 68.1 Å². The molecule has 0 aromatic heterocycles. The summed E-state index contributed by atoms with van der Waals surface area (Å²) in [6, 6.07) is 0.271. The maximum absolute atomic E-state index is 12.2. The molecule has 11 heteroatoms. The van der Waals surface area contributed by atoms with Crippen LogP contribution in [-0.4, -0.2) is 141 Å². The summed E-state index contributed by atoms with van der Waals surface area (Å²) in [6.07, 6.45) is 1.52. The second kappa shape index (κ2) is 17.6. The standard InChI is InChI=1S/C40H71NO10/c1-5-7-13-50-29-20-26(41-11-15-49-16-12-41)30(51-14-8-6-2)18-24(29)17-23-9-10-27(43)35-31(23)21(3)32-36(40(35)48)39(47)34-25(37(32)45)19-28(44)33(22(4)42)38(34)46/h21-40,42-48H,5-20H2,1-4H3/t21?,22?,23?,24?,25?,26?,27?,28?,29?,30?,31?,32-,33?,34?,35?,36?,37?,38?,39?,40?/m1/s1. The highest BCUT2D eigenvalue weighted by atomic mass is 16.5. The quantitative estimate of drug-likeness (QED) is 0.147. The van der Waals surface area contributed by atoms with Crippen molar-refractivity contribution in [3.63, 3.8) is 0 Å². The Labute approximate surface area is 306 Å². The molecule has 6 fully saturated rings. The third kappa shape index (κ3) is 7.98. The number of morpholine rings is 1. The number of aliphatic hydroxyl groups excluding tert-OH is 7. The van der Waals surface area contributed by atoms with Gasteiger partial charge in [0, 0.05) is 56.0 Å². The number of rotatable bonds is 12. The van der Waals surface area contributed by atoms with E-state index in [0.717, 1.165) is 90.9 Å². The summed E-state index contributed by atoms with van der Waals surface area (Å²) in [4.78, 5) is 2.55. The summed E-state index contributed by atoms with van der Waals surface area (Å²) in [7, 11) is 0. The van der Waals surface area contributed by atoms with Gasteiger partial charge in [0.15, 0.2) is 0 Å². The van der Waals surface area contributed by atoms with E-state index in [9.17, 15) is 35.7 Å². The Morgan fingerprint density at radius 1 is 0.686 bits per heavy atom. The van der Waals surface area contributed by atoms with Crippen molar-refractivity contribution in [1.29, 1.82) is 0 Å². The zero-order chi connectivity index (χ0) is 36.6. The molecule has 6 rings (SSSR count). The Kier molecular flexibility index (Phi) is 13.9. The largest absolute Gasteiger partial charge is 0.393 e. The van der Waals surface area contributed by atoms with Crippen molar-refractivity contribution in [2.75, 3.05) is 39.5 Å². The van der Waals surface area contributed by atoms with Gasteiger partial charge in [-0.3, -0.25) is 4.90 Å². The summed E-state index contributed by atoms with van der Waals surface area (Å²) < 4.78 is 19.2. The third-order valence-corrected chi connectivity index (χ3v) is 14.9. The number of fused-ring (bicyclic) bond motifs is 3. The topological polar surface area (TPSA) is 173 Å². The van der Waals surface area contributed by atoms with Gasteiger partial charge in [-0.2, -0.15) is 0 Å². The van der Waals surface area contributed by atoms with Crippen LogP contribution in [0.4, 0.5) is 0 Å². The first-order valence-electron chi connectivity index (χ1n) is 20.8. The van der Waals surface area contributed by atoms with Gasteiger partial charge in [0.25, 0.3) is 0 Å². The molecule has 0 radical (unpaired) electrons. The van der Waals surface area contributed by atoms with E-state index in [4.69, 9.17) is 14.2 Å². The van der Waals surface area contributed by atoms with Crippen LogP contribution in [0.15, 0.2) is 0 Å². The summed E-state index contributed by atoms with van der Waals surface area (Å²) >= 11 is 0. The van der Waals surface area contributed by atoms with Crippen LogP contribution in [0, 0.1) is 59.2 Å². The lowest BCUT2D eigenvalue weighted by Gasteiger charge is -2.63. The van der Waals surface area contributed by atoms with Crippen LogP contribution in [0.1, 0.15) is 91.9 Å². The smallest absolute Gasteiger partial charge is 0.0734 e. The molecule has 0 bridgehead atoms. The highest BCUT2D eigenvalue weighted by Crippen LogP contribution is 2.60. The average molecular weight is 726 g/mol. The Bertz CT molecular complexity index is 1080. The minimum atomic E-state index is -1.22. The summed E-state index contributed by atoms with van der Waals surface area (Å²) in [6.45, 7) is 12.8. The molecule has 5 aliphatic carbocycles. The van der Waals surface area contributed by atoms with Gasteiger partial charge >= 0.3 is 0 Å². The molecule has 51 heavy (non-hydrogen) atoms. The highest BCUT2D eigenvalue weighted by molar-refractivity contribution is 5.13. The Morgan fingerprint density at radius 2 is 1.33 bits per heavy atom. The molecule has 20 atom stereocenters. The van der Waals surface area contributed by atoms with Crippen LogP contribution in [0.2, 0.25) is 0 Å². The summed E-state index contributed by atoms with van der Waals surface area (Å²) in [5, 5.41) is 80.5. The van der Waals surface area contributed by atoms with E-state index in [-0.39, 0.29) is 48.3 Å². The van der Waals surface area contributed by atoms with Crippen LogP contribution >= 0.6 is 0 Å². The van der Waals surface area contributed by atoms with Crippen LogP contribution < -0.4 is 0 Å². The van der Waals surface area contributed by atoms with Crippen molar-refractivity contribution in [1.82, 2.24) is 4.90 Å². The van der Waals surface area contributed by atoms with Gasteiger partial charge in [-0.1, -0.05) is 33.6 Å². The third-order valence-electron chi connectivity index (χ3n) is 14.9. The molecule has 0 aromatic carbocycles. The maximum atomic E-state index is 12.2. The van der Waals surface area contributed by atoms with Crippen LogP contribution in [0.25, 0.3) is 0 Å². The monoisotopic (exact) mass is 726 g/mol. The molecule has 6 aliphatic rings. The molecule has 1 aliphatic heterocycles. The van der Waals surface area contributed by atoms with Crippen LogP contribution in [-0.2, 0) is 14.2 Å². The van der Waals surface area contributed by atoms with E-state index in [1.807, 2.05) is 0 Å². The lowest BCUT2D eigenvalue weighted by Crippen LogP contribution is -2.70. The minimum Gasteiger partial charge on any atom is -0.393 e. The van der Waals surface area contributed by atoms with Gasteiger partial charge in [-0.25, -0.2) is 0 Å². The fourth-order valence-electron chi connectivity index (χ4n) is 12.5. The Hall–Kier alpha value is -0.440. The molecule has 0 aromatic rings. The van der Waals surface area contributed by atoms with Crippen molar-refractivity contribution in [3.8, 4) is 0 Å². The second-order valence-corrected chi connectivity index (χ2v) is 17.6. The Morgan fingerprint density at radius 3 is 1.98 bits per heavy atom. The predicted octanol–water partition coefficient (Wildman–Crippen LogP) is 2.19. The molecule has 0 spiro atoms. The lowest BCUT2D eigenvalue weighted by molar-refractivity contribution is -0.267. The maximum Gasteiger partial charge on any atom is 0.0734 e. The van der Waals surface area contributed by atoms with Gasteiger partial charge in [0.1, 0.15) is 0 Å². The van der Waals surface area contributed by atoms with Crippen LogP contribution in [0.3, 0.4) is 0 Å². The first kappa shape index (κ1) is 40.2. The average Bonchev–Trinajstić information content (AvgIpc) is 3.10. The molecule has 5 saturated carbocycles. The fourth-order valence-corrected chi connectivity index (χ4v) is 12.5. The lowest BCUT2D eigenvalue weighted by atomic mass is 9.45. The van der Waals surface area contributed by atoms with Crippen molar-refractivity contribution >= 4 is 0 Å². The van der Waals surface area contributed by atoms with E-state index in [0.29, 0.717) is 6.42 Å². The number of aliphatic hydroxyl groups is 7. The fraction of sp³-hybridized carbons (Fsp3) is 1.00. The highest BCUT2D eigenvalue weighted by Gasteiger charge is 2.65. The first-order valence-corrected chi connectivity index (χ1v) is 20.8. The molecule has 296 valence electrons. The molecule has 7 N–H and O–H groups in total. The number of nitrogens with zero attached hydrogens (tertiary/aromatic N) is 1. The van der Waals surface area contributed by atoms with Gasteiger partial charge in [0.2, 0.25) is 0 Å². The van der Waals surface area contributed by atoms with Gasteiger partial charge in [-0.05, 0) is 93.8 Å². The molecule has 1 heterocycles. The molecular weight excluding hydrogens is 654 g/mol. The normalized spacial score (nSPS) is 49.8. The molecular formula is C40H71NO10. The van der Waals surface area contributed by atoms with E-state index in [1.54, 1.807) is 0 Å². The number of hydrogen-bond acceptors (Lipinski definition) is 11. The van der Waals surface area contributed by atoms with E-state index >= 15 is 0 Å². The van der Waals surface area contributed by atoms with E-state index in [1.165, 1.54) is 6.92 Å². The molecule has 11 nitrogen and oxygen atoms in total. The molecule has 19 unspecified atom stereocenters. The zero-order valence-corrected chi connectivity index (χ0v) is 31.7. The van der Waals surface area contributed by atoms with Crippen molar-refractivity contribution in [2.45, 2.75) is 153 Å². The SMILES string of the molecule is CCCCOC1CC(N2CCOCC2)C(OCCCC)CC1CC1CCC(O)C2C(O)C3C(O)C4C(O)C(C(C)O)C(O)CC4C(O)[C@@H]3C(C)C12. The predicted molar refractivity (Wildman–Crippen MR) is 191 cm³/mol. The van der Waals surface area contributed by atoms with Crippen molar-refractivity contribution in [2.24, 2.45) is 59.2 Å². The molecule has 0 amide bonds. The van der Waals surface area contributed by atoms with Gasteiger partial charge < -0.3 is 50.0 Å². The van der Waals surface area contributed by atoms with Gasteiger partial charge in [-0.15, -0.1) is 0 Å². The zero-order valence-electron chi connectivity index (χ0n) is 31.7. The van der Waals surface area contributed by atoms with Crippen molar-refractivity contribution < 1.29 is 50.0 Å².